The molecule has 7 heteroatoms. The first kappa shape index (κ1) is 17.2. The molecule has 0 N–H and O–H groups in total. The van der Waals surface area contributed by atoms with Gasteiger partial charge in [0.05, 0.1) is 13.2 Å². The quantitative estimate of drug-likeness (QED) is 0.708. The van der Waals surface area contributed by atoms with Crippen LogP contribution in [0.25, 0.3) is 11.4 Å². The van der Waals surface area contributed by atoms with Gasteiger partial charge in [-0.15, -0.1) is 0 Å². The number of carbonyl (C=O) groups excluding carboxylic acids is 1. The van der Waals surface area contributed by atoms with Crippen LogP contribution in [0.1, 0.15) is 17.9 Å². The SMILES string of the molecule is CN(Cc1nc(-c2cccnc2)no1)C(=O)[C@H]1CCOc2ccccc2C1. The Balaban J connectivity index is 1.43. The summed E-state index contributed by atoms with van der Waals surface area (Å²) in [6.45, 7) is 0.804. The molecule has 0 saturated heterocycles. The summed E-state index contributed by atoms with van der Waals surface area (Å²) in [4.78, 5) is 23.0. The lowest BCUT2D eigenvalue weighted by Crippen LogP contribution is -2.34. The van der Waals surface area contributed by atoms with Crippen molar-refractivity contribution in [1.82, 2.24) is 20.0 Å². The average molecular weight is 364 g/mol. The molecule has 0 spiro atoms. The predicted octanol–water partition coefficient (Wildman–Crippen LogP) is 2.73. The molecule has 7 nitrogen and oxygen atoms in total. The standard InChI is InChI=1S/C20H20N4O3/c1-24(13-18-22-19(23-27-18)16-6-4-9-21-12-16)20(25)15-8-10-26-17-7-3-2-5-14(17)11-15/h2-7,9,12,15H,8,10-11,13H2,1H3/t15-/m0/s1. The van der Waals surface area contributed by atoms with E-state index in [2.05, 4.69) is 15.1 Å². The van der Waals surface area contributed by atoms with Gasteiger partial charge in [-0.1, -0.05) is 23.4 Å². The Kier molecular flexibility index (Phi) is 4.82. The fraction of sp³-hybridized carbons (Fsp3) is 0.300. The number of benzene rings is 1. The van der Waals surface area contributed by atoms with Crippen molar-refractivity contribution in [3.05, 3.63) is 60.2 Å². The lowest BCUT2D eigenvalue weighted by Gasteiger charge is -2.21. The predicted molar refractivity (Wildman–Crippen MR) is 97.8 cm³/mol. The average Bonchev–Trinajstić information content (AvgIpc) is 3.05. The molecule has 1 aromatic carbocycles. The minimum absolute atomic E-state index is 0.0523. The summed E-state index contributed by atoms with van der Waals surface area (Å²) in [5.74, 6) is 1.66. The number of aromatic nitrogens is 3. The van der Waals surface area contributed by atoms with E-state index >= 15 is 0 Å². The number of ether oxygens (including phenoxy) is 1. The third-order valence-corrected chi connectivity index (χ3v) is 4.65. The Morgan fingerprint density at radius 3 is 3.00 bits per heavy atom. The smallest absolute Gasteiger partial charge is 0.246 e. The van der Waals surface area contributed by atoms with Crippen LogP contribution in [0, 0.1) is 5.92 Å². The van der Waals surface area contributed by atoms with E-state index in [0.29, 0.717) is 31.2 Å². The normalized spacial score (nSPS) is 16.1. The summed E-state index contributed by atoms with van der Waals surface area (Å²) >= 11 is 0. The van der Waals surface area contributed by atoms with Crippen molar-refractivity contribution in [1.29, 1.82) is 0 Å². The number of hydrogen-bond acceptors (Lipinski definition) is 6. The van der Waals surface area contributed by atoms with Gasteiger partial charge < -0.3 is 14.2 Å². The monoisotopic (exact) mass is 364 g/mol. The van der Waals surface area contributed by atoms with Crippen molar-refractivity contribution in [2.45, 2.75) is 19.4 Å². The van der Waals surface area contributed by atoms with Crippen LogP contribution in [0.4, 0.5) is 0 Å². The first-order valence-corrected chi connectivity index (χ1v) is 8.89. The second-order valence-electron chi connectivity index (χ2n) is 6.59. The third kappa shape index (κ3) is 3.81. The van der Waals surface area contributed by atoms with E-state index in [4.69, 9.17) is 9.26 Å². The van der Waals surface area contributed by atoms with Crippen molar-refractivity contribution in [3.8, 4) is 17.1 Å². The van der Waals surface area contributed by atoms with Crippen LogP contribution in [0.3, 0.4) is 0 Å². The summed E-state index contributed by atoms with van der Waals surface area (Å²) in [5, 5.41) is 3.97. The van der Waals surface area contributed by atoms with Crippen LogP contribution in [0.5, 0.6) is 5.75 Å². The Labute approximate surface area is 157 Å². The van der Waals surface area contributed by atoms with Crippen molar-refractivity contribution in [3.63, 3.8) is 0 Å². The van der Waals surface area contributed by atoms with Gasteiger partial charge in [0.1, 0.15) is 5.75 Å². The maximum atomic E-state index is 12.9. The van der Waals surface area contributed by atoms with Gasteiger partial charge in [0.15, 0.2) is 0 Å². The first-order valence-electron chi connectivity index (χ1n) is 8.89. The molecule has 1 amide bonds. The Morgan fingerprint density at radius 2 is 2.15 bits per heavy atom. The number of para-hydroxylation sites is 1. The molecule has 0 radical (unpaired) electrons. The molecule has 27 heavy (non-hydrogen) atoms. The highest BCUT2D eigenvalue weighted by Gasteiger charge is 2.27. The molecule has 4 rings (SSSR count). The van der Waals surface area contributed by atoms with Crippen LogP contribution < -0.4 is 4.74 Å². The van der Waals surface area contributed by atoms with Gasteiger partial charge in [-0.2, -0.15) is 4.98 Å². The summed E-state index contributed by atoms with van der Waals surface area (Å²) in [7, 11) is 1.76. The van der Waals surface area contributed by atoms with Gasteiger partial charge in [0.2, 0.25) is 17.6 Å². The summed E-state index contributed by atoms with van der Waals surface area (Å²) < 4.78 is 11.1. The second kappa shape index (κ2) is 7.57. The third-order valence-electron chi connectivity index (χ3n) is 4.65. The number of carbonyl (C=O) groups is 1. The summed E-state index contributed by atoms with van der Waals surface area (Å²) in [5.41, 5.74) is 1.84. The largest absolute Gasteiger partial charge is 0.493 e. The van der Waals surface area contributed by atoms with Crippen molar-refractivity contribution in [2.75, 3.05) is 13.7 Å². The fourth-order valence-electron chi connectivity index (χ4n) is 3.23. The molecule has 138 valence electrons. The Morgan fingerprint density at radius 1 is 1.26 bits per heavy atom. The van der Waals surface area contributed by atoms with Crippen molar-refractivity contribution < 1.29 is 14.1 Å². The minimum Gasteiger partial charge on any atom is -0.493 e. The zero-order chi connectivity index (χ0) is 18.6. The van der Waals surface area contributed by atoms with E-state index in [0.717, 1.165) is 16.9 Å². The van der Waals surface area contributed by atoms with Crippen LogP contribution >= 0.6 is 0 Å². The van der Waals surface area contributed by atoms with E-state index in [1.165, 1.54) is 0 Å². The number of hydrogen-bond donors (Lipinski definition) is 0. The zero-order valence-electron chi connectivity index (χ0n) is 15.0. The van der Waals surface area contributed by atoms with Crippen LogP contribution in [-0.4, -0.2) is 39.6 Å². The summed E-state index contributed by atoms with van der Waals surface area (Å²) in [6, 6.07) is 11.6. The molecule has 3 aromatic rings. The van der Waals surface area contributed by atoms with Crippen molar-refractivity contribution >= 4 is 5.91 Å². The highest BCUT2D eigenvalue weighted by Crippen LogP contribution is 2.27. The molecule has 0 fully saturated rings. The van der Waals surface area contributed by atoms with Gasteiger partial charge in [-0.3, -0.25) is 9.78 Å². The molecule has 0 saturated carbocycles. The molecule has 1 atom stereocenters. The van der Waals surface area contributed by atoms with Gasteiger partial charge in [-0.05, 0) is 36.6 Å². The van der Waals surface area contributed by atoms with Crippen molar-refractivity contribution in [2.24, 2.45) is 5.92 Å². The molecule has 0 bridgehead atoms. The van der Waals surface area contributed by atoms with Gasteiger partial charge in [0, 0.05) is 30.9 Å². The molecule has 1 aliphatic rings. The van der Waals surface area contributed by atoms with Crippen LogP contribution in [-0.2, 0) is 17.8 Å². The zero-order valence-corrected chi connectivity index (χ0v) is 15.0. The Bertz CT molecular complexity index is 926. The number of fused-ring (bicyclic) bond motifs is 1. The number of amides is 1. The van der Waals surface area contributed by atoms with Gasteiger partial charge in [-0.25, -0.2) is 0 Å². The highest BCUT2D eigenvalue weighted by atomic mass is 16.5. The molecular weight excluding hydrogens is 344 g/mol. The number of rotatable bonds is 4. The van der Waals surface area contributed by atoms with Crippen LogP contribution in [0.15, 0.2) is 53.3 Å². The summed E-state index contributed by atoms with van der Waals surface area (Å²) in [6.07, 6.45) is 4.71. The Hall–Kier alpha value is -3.22. The number of pyridine rings is 1. The first-order chi connectivity index (χ1) is 13.2. The maximum Gasteiger partial charge on any atom is 0.246 e. The van der Waals surface area contributed by atoms with E-state index in [1.807, 2.05) is 36.4 Å². The molecule has 1 aliphatic heterocycles. The van der Waals surface area contributed by atoms with E-state index in [-0.39, 0.29) is 18.4 Å². The molecular formula is C20H20N4O3. The molecule has 0 aliphatic carbocycles. The second-order valence-corrected chi connectivity index (χ2v) is 6.59. The highest BCUT2D eigenvalue weighted by molar-refractivity contribution is 5.79. The lowest BCUT2D eigenvalue weighted by atomic mass is 9.95. The van der Waals surface area contributed by atoms with Gasteiger partial charge >= 0.3 is 0 Å². The molecule has 0 unspecified atom stereocenters. The number of nitrogens with zero attached hydrogens (tertiary/aromatic N) is 4. The van der Waals surface area contributed by atoms with E-state index < -0.39 is 0 Å². The minimum atomic E-state index is -0.126. The molecule has 3 heterocycles. The van der Waals surface area contributed by atoms with E-state index in [1.54, 1.807) is 24.3 Å². The van der Waals surface area contributed by atoms with Crippen LogP contribution in [0.2, 0.25) is 0 Å². The maximum absolute atomic E-state index is 12.9. The van der Waals surface area contributed by atoms with E-state index in [9.17, 15) is 4.79 Å². The molecule has 2 aromatic heterocycles. The fourth-order valence-corrected chi connectivity index (χ4v) is 3.23. The van der Waals surface area contributed by atoms with Gasteiger partial charge in [0.25, 0.3) is 0 Å². The topological polar surface area (TPSA) is 81.4 Å². The lowest BCUT2D eigenvalue weighted by molar-refractivity contribution is -0.135.